The van der Waals surface area contributed by atoms with Crippen molar-refractivity contribution in [1.82, 2.24) is 4.90 Å². The van der Waals surface area contributed by atoms with Gasteiger partial charge in [-0.2, -0.15) is 0 Å². The molecule has 0 aromatic heterocycles. The largest absolute Gasteiger partial charge is 0.330 e. The van der Waals surface area contributed by atoms with Crippen molar-refractivity contribution in [2.24, 2.45) is 28.9 Å². The molecule has 4 unspecified atom stereocenters. The molecule has 124 valence electrons. The van der Waals surface area contributed by atoms with Gasteiger partial charge in [-0.25, -0.2) is 0 Å². The lowest BCUT2D eigenvalue weighted by molar-refractivity contribution is 0.0157. The van der Waals surface area contributed by atoms with Gasteiger partial charge in [-0.3, -0.25) is 4.90 Å². The second kappa shape index (κ2) is 7.46. The molecule has 0 bridgehead atoms. The van der Waals surface area contributed by atoms with E-state index in [2.05, 4.69) is 32.6 Å². The van der Waals surface area contributed by atoms with Crippen molar-refractivity contribution >= 4 is 0 Å². The second-order valence-corrected chi connectivity index (χ2v) is 8.33. The molecule has 2 N–H and O–H groups in total. The maximum Gasteiger partial charge on any atom is 0.0138 e. The quantitative estimate of drug-likeness (QED) is 0.819. The number of likely N-dealkylation sites (tertiary alicyclic amines) is 1. The highest BCUT2D eigenvalue weighted by Gasteiger charge is 2.39. The Kier molecular flexibility index (Phi) is 6.14. The number of hydrogen-bond donors (Lipinski definition) is 1. The average molecular weight is 295 g/mol. The van der Waals surface area contributed by atoms with Crippen LogP contribution in [0.1, 0.15) is 72.6 Å². The Morgan fingerprint density at radius 2 is 1.90 bits per heavy atom. The van der Waals surface area contributed by atoms with Crippen molar-refractivity contribution in [3.63, 3.8) is 0 Å². The molecule has 0 aromatic carbocycles. The molecule has 0 amide bonds. The Morgan fingerprint density at radius 3 is 2.52 bits per heavy atom. The minimum Gasteiger partial charge on any atom is -0.330 e. The summed E-state index contributed by atoms with van der Waals surface area (Å²) in [5.41, 5.74) is 6.63. The van der Waals surface area contributed by atoms with E-state index in [4.69, 9.17) is 5.73 Å². The average Bonchev–Trinajstić information content (AvgIpc) is 2.54. The topological polar surface area (TPSA) is 29.3 Å². The van der Waals surface area contributed by atoms with E-state index < -0.39 is 0 Å². The van der Waals surface area contributed by atoms with Crippen LogP contribution in [0.25, 0.3) is 0 Å². The Morgan fingerprint density at radius 1 is 1.14 bits per heavy atom. The molecular weight excluding hydrogens is 256 g/mol. The van der Waals surface area contributed by atoms with Crippen LogP contribution in [-0.2, 0) is 0 Å². The first-order valence-corrected chi connectivity index (χ1v) is 9.45. The Balaban J connectivity index is 2.06. The van der Waals surface area contributed by atoms with Crippen LogP contribution in [0.4, 0.5) is 0 Å². The Labute approximate surface area is 132 Å². The summed E-state index contributed by atoms with van der Waals surface area (Å²) in [6, 6.07) is 0.758. The van der Waals surface area contributed by atoms with Crippen LogP contribution in [0.3, 0.4) is 0 Å². The molecule has 0 spiro atoms. The van der Waals surface area contributed by atoms with Crippen LogP contribution in [0.15, 0.2) is 0 Å². The van der Waals surface area contributed by atoms with Crippen molar-refractivity contribution in [3.8, 4) is 0 Å². The fraction of sp³-hybridized carbons (Fsp3) is 1.00. The molecule has 1 heterocycles. The first kappa shape index (κ1) is 17.3. The first-order chi connectivity index (χ1) is 10.0. The van der Waals surface area contributed by atoms with Crippen molar-refractivity contribution < 1.29 is 0 Å². The predicted octanol–water partition coefficient (Wildman–Crippen LogP) is 4.29. The predicted molar refractivity (Wildman–Crippen MR) is 92.3 cm³/mol. The van der Waals surface area contributed by atoms with Crippen LogP contribution in [0.5, 0.6) is 0 Å². The SMILES string of the molecule is CCC1CCCN(C2CC(C(C)(C)CC)CCC2CN)C1. The Hall–Kier alpha value is -0.0800. The molecule has 2 fully saturated rings. The molecule has 0 radical (unpaired) electrons. The minimum absolute atomic E-state index is 0.498. The van der Waals surface area contributed by atoms with Crippen molar-refractivity contribution in [2.45, 2.75) is 78.7 Å². The molecule has 2 heteroatoms. The van der Waals surface area contributed by atoms with Crippen LogP contribution >= 0.6 is 0 Å². The zero-order valence-corrected chi connectivity index (χ0v) is 14.9. The van der Waals surface area contributed by atoms with E-state index in [-0.39, 0.29) is 0 Å². The van der Waals surface area contributed by atoms with Gasteiger partial charge >= 0.3 is 0 Å². The van der Waals surface area contributed by atoms with Gasteiger partial charge in [0.05, 0.1) is 0 Å². The molecule has 2 rings (SSSR count). The third-order valence-electron chi connectivity index (χ3n) is 6.87. The first-order valence-electron chi connectivity index (χ1n) is 9.45. The lowest BCUT2D eigenvalue weighted by Gasteiger charge is -2.49. The highest BCUT2D eigenvalue weighted by Crippen LogP contribution is 2.44. The number of nitrogens with two attached hydrogens (primary N) is 1. The molecule has 2 aliphatic rings. The molecule has 1 saturated carbocycles. The third kappa shape index (κ3) is 4.01. The monoisotopic (exact) mass is 294 g/mol. The Bertz CT molecular complexity index is 313. The number of rotatable bonds is 5. The summed E-state index contributed by atoms with van der Waals surface area (Å²) < 4.78 is 0. The van der Waals surface area contributed by atoms with E-state index in [1.807, 2.05) is 0 Å². The maximum absolute atomic E-state index is 6.13. The summed E-state index contributed by atoms with van der Waals surface area (Å²) >= 11 is 0. The van der Waals surface area contributed by atoms with E-state index in [0.717, 1.165) is 30.3 Å². The highest BCUT2D eigenvalue weighted by molar-refractivity contribution is 4.93. The van der Waals surface area contributed by atoms with Crippen LogP contribution in [-0.4, -0.2) is 30.6 Å². The van der Waals surface area contributed by atoms with Gasteiger partial charge in [0, 0.05) is 12.6 Å². The molecule has 21 heavy (non-hydrogen) atoms. The van der Waals surface area contributed by atoms with E-state index in [1.54, 1.807) is 0 Å². The minimum atomic E-state index is 0.498. The van der Waals surface area contributed by atoms with Gasteiger partial charge < -0.3 is 5.73 Å². The molecule has 1 aliphatic carbocycles. The van der Waals surface area contributed by atoms with Gasteiger partial charge in [-0.05, 0) is 68.4 Å². The van der Waals surface area contributed by atoms with Gasteiger partial charge in [0.1, 0.15) is 0 Å². The fourth-order valence-corrected chi connectivity index (χ4v) is 4.66. The third-order valence-corrected chi connectivity index (χ3v) is 6.87. The summed E-state index contributed by atoms with van der Waals surface area (Å²) in [6.07, 6.45) is 9.62. The van der Waals surface area contributed by atoms with Crippen molar-refractivity contribution in [3.05, 3.63) is 0 Å². The van der Waals surface area contributed by atoms with Gasteiger partial charge in [-0.15, -0.1) is 0 Å². The maximum atomic E-state index is 6.13. The van der Waals surface area contributed by atoms with E-state index in [0.29, 0.717) is 5.41 Å². The number of nitrogens with zero attached hydrogens (tertiary/aromatic N) is 1. The zero-order valence-electron chi connectivity index (χ0n) is 14.9. The van der Waals surface area contributed by atoms with Gasteiger partial charge in [0.25, 0.3) is 0 Å². The second-order valence-electron chi connectivity index (χ2n) is 8.33. The van der Waals surface area contributed by atoms with Crippen molar-refractivity contribution in [2.75, 3.05) is 19.6 Å². The zero-order chi connectivity index (χ0) is 15.5. The lowest BCUT2D eigenvalue weighted by atomic mass is 9.65. The molecule has 2 nitrogen and oxygen atoms in total. The molecule has 1 aliphatic heterocycles. The summed E-state index contributed by atoms with van der Waals surface area (Å²) in [7, 11) is 0. The van der Waals surface area contributed by atoms with Crippen molar-refractivity contribution in [1.29, 1.82) is 0 Å². The van der Waals surface area contributed by atoms with Crippen LogP contribution < -0.4 is 5.73 Å². The summed E-state index contributed by atoms with van der Waals surface area (Å²) in [5.74, 6) is 2.55. The van der Waals surface area contributed by atoms with Crippen LogP contribution in [0, 0.1) is 23.2 Å². The van der Waals surface area contributed by atoms with Crippen LogP contribution in [0.2, 0.25) is 0 Å². The summed E-state index contributed by atoms with van der Waals surface area (Å²) in [4.78, 5) is 2.83. The van der Waals surface area contributed by atoms with Gasteiger partial charge in [0.15, 0.2) is 0 Å². The molecule has 0 aromatic rings. The van der Waals surface area contributed by atoms with E-state index >= 15 is 0 Å². The van der Waals surface area contributed by atoms with E-state index in [9.17, 15) is 0 Å². The normalized spacial score (nSPS) is 35.9. The number of piperidine rings is 1. The molecule has 4 atom stereocenters. The number of hydrogen-bond acceptors (Lipinski definition) is 2. The van der Waals surface area contributed by atoms with Gasteiger partial charge in [-0.1, -0.05) is 40.5 Å². The van der Waals surface area contributed by atoms with Gasteiger partial charge in [0.2, 0.25) is 0 Å². The fourth-order valence-electron chi connectivity index (χ4n) is 4.66. The lowest BCUT2D eigenvalue weighted by Crippen LogP contribution is -2.51. The molecule has 1 saturated heterocycles. The smallest absolute Gasteiger partial charge is 0.0138 e. The van der Waals surface area contributed by atoms with E-state index in [1.165, 1.54) is 58.0 Å². The standard InChI is InChI=1S/C19H38N2/c1-5-15-8-7-11-21(14-15)18-12-17(19(3,4)6-2)10-9-16(18)13-20/h15-18H,5-14,20H2,1-4H3. The molecular formula is C19H38N2. The summed E-state index contributed by atoms with van der Waals surface area (Å²) in [6.45, 7) is 13.2. The highest BCUT2D eigenvalue weighted by atomic mass is 15.2. The summed E-state index contributed by atoms with van der Waals surface area (Å²) in [5, 5.41) is 0.